The number of likely N-dealkylation sites (tertiary alicyclic amines) is 1. The third-order valence-electron chi connectivity index (χ3n) is 5.26. The summed E-state index contributed by atoms with van der Waals surface area (Å²) in [5.74, 6) is 2.75. The number of hydrogen-bond acceptors (Lipinski definition) is 4. The summed E-state index contributed by atoms with van der Waals surface area (Å²) in [6, 6.07) is 13.1. The summed E-state index contributed by atoms with van der Waals surface area (Å²) in [4.78, 5) is 19.0. The molecule has 0 radical (unpaired) electrons. The predicted molar refractivity (Wildman–Crippen MR) is 110 cm³/mol. The van der Waals surface area contributed by atoms with Crippen molar-refractivity contribution in [2.24, 2.45) is 11.8 Å². The number of halogens is 2. The van der Waals surface area contributed by atoms with Crippen LogP contribution in [0.1, 0.15) is 23.2 Å². The third-order valence-corrected chi connectivity index (χ3v) is 5.26. The standard InChI is InChI=1S/C20H23N3O2.2ClH/c24-20(23-10-8-15-12-21-13-16(15)9-11-23)17-6-7-19(22-14-17)25-18-4-2-1-3-5-18;;/h1-7,14-16,21H,8-13H2;2*1H/t15-,16+;;. The second-order valence-corrected chi connectivity index (χ2v) is 6.85. The van der Waals surface area contributed by atoms with Gasteiger partial charge in [-0.1, -0.05) is 18.2 Å². The van der Waals surface area contributed by atoms with E-state index in [-0.39, 0.29) is 30.7 Å². The number of nitrogens with one attached hydrogen (secondary N) is 1. The number of carbonyl (C=O) groups excluding carboxylic acids is 1. The van der Waals surface area contributed by atoms with Crippen LogP contribution in [-0.2, 0) is 0 Å². The van der Waals surface area contributed by atoms with Gasteiger partial charge in [0.25, 0.3) is 5.91 Å². The van der Waals surface area contributed by atoms with Crippen LogP contribution in [-0.4, -0.2) is 42.0 Å². The van der Waals surface area contributed by atoms with E-state index < -0.39 is 0 Å². The van der Waals surface area contributed by atoms with Crippen molar-refractivity contribution in [3.05, 3.63) is 54.2 Å². The lowest BCUT2D eigenvalue weighted by molar-refractivity contribution is 0.0758. The summed E-state index contributed by atoms with van der Waals surface area (Å²) in [6.45, 7) is 3.87. The number of nitrogens with zero attached hydrogens (tertiary/aromatic N) is 2. The summed E-state index contributed by atoms with van der Waals surface area (Å²) in [7, 11) is 0. The quantitative estimate of drug-likeness (QED) is 0.837. The molecule has 2 fully saturated rings. The van der Waals surface area contributed by atoms with Gasteiger partial charge in [-0.15, -0.1) is 24.8 Å². The minimum absolute atomic E-state index is 0. The molecular formula is C20H25Cl2N3O2. The van der Waals surface area contributed by atoms with Gasteiger partial charge in [-0.3, -0.25) is 4.79 Å². The van der Waals surface area contributed by atoms with Crippen LogP contribution in [0, 0.1) is 11.8 Å². The first kappa shape index (κ1) is 21.5. The van der Waals surface area contributed by atoms with E-state index in [1.54, 1.807) is 18.3 Å². The van der Waals surface area contributed by atoms with E-state index in [2.05, 4.69) is 10.3 Å². The smallest absolute Gasteiger partial charge is 0.255 e. The number of rotatable bonds is 3. The first-order chi connectivity index (χ1) is 12.3. The zero-order valence-electron chi connectivity index (χ0n) is 15.0. The van der Waals surface area contributed by atoms with Gasteiger partial charge >= 0.3 is 0 Å². The lowest BCUT2D eigenvalue weighted by Gasteiger charge is -2.21. The maximum Gasteiger partial charge on any atom is 0.255 e. The average molecular weight is 410 g/mol. The van der Waals surface area contributed by atoms with Crippen molar-refractivity contribution >= 4 is 30.7 Å². The molecule has 2 saturated heterocycles. The van der Waals surface area contributed by atoms with E-state index in [9.17, 15) is 4.79 Å². The number of aromatic nitrogens is 1. The monoisotopic (exact) mass is 409 g/mol. The van der Waals surface area contributed by atoms with E-state index in [1.165, 1.54) is 0 Å². The molecule has 1 aromatic carbocycles. The highest BCUT2D eigenvalue weighted by molar-refractivity contribution is 5.94. The Morgan fingerprint density at radius 2 is 1.67 bits per heavy atom. The Bertz CT molecular complexity index is 714. The van der Waals surface area contributed by atoms with Gasteiger partial charge < -0.3 is 15.0 Å². The number of ether oxygens (including phenoxy) is 1. The molecule has 2 aliphatic heterocycles. The lowest BCUT2D eigenvalue weighted by atomic mass is 9.92. The highest BCUT2D eigenvalue weighted by Gasteiger charge is 2.31. The highest BCUT2D eigenvalue weighted by Crippen LogP contribution is 2.28. The molecule has 2 aliphatic rings. The number of amides is 1. The topological polar surface area (TPSA) is 54.5 Å². The molecule has 1 aromatic heterocycles. The van der Waals surface area contributed by atoms with Gasteiger partial charge in [0.15, 0.2) is 0 Å². The van der Waals surface area contributed by atoms with Gasteiger partial charge in [-0.25, -0.2) is 4.98 Å². The Morgan fingerprint density at radius 3 is 2.26 bits per heavy atom. The summed E-state index contributed by atoms with van der Waals surface area (Å²) in [5, 5.41) is 3.47. The Hall–Kier alpha value is -1.82. The second-order valence-electron chi connectivity index (χ2n) is 6.85. The highest BCUT2D eigenvalue weighted by atomic mass is 35.5. The fraction of sp³-hybridized carbons (Fsp3) is 0.400. The molecule has 0 unspecified atom stereocenters. The molecule has 2 atom stereocenters. The van der Waals surface area contributed by atoms with Crippen molar-refractivity contribution in [2.45, 2.75) is 12.8 Å². The van der Waals surface area contributed by atoms with Gasteiger partial charge in [0.05, 0.1) is 5.56 Å². The molecule has 0 bridgehead atoms. The normalized spacial score (nSPS) is 21.3. The van der Waals surface area contributed by atoms with Gasteiger partial charge in [0.2, 0.25) is 5.88 Å². The van der Waals surface area contributed by atoms with Gasteiger partial charge in [0, 0.05) is 25.4 Å². The third kappa shape index (κ3) is 5.12. The molecule has 0 saturated carbocycles. The maximum atomic E-state index is 12.8. The van der Waals surface area contributed by atoms with Crippen molar-refractivity contribution in [1.29, 1.82) is 0 Å². The van der Waals surface area contributed by atoms with E-state index in [4.69, 9.17) is 4.74 Å². The van der Waals surface area contributed by atoms with E-state index in [0.717, 1.165) is 56.6 Å². The maximum absolute atomic E-state index is 12.8. The minimum Gasteiger partial charge on any atom is -0.439 e. The van der Waals surface area contributed by atoms with Crippen LogP contribution >= 0.6 is 24.8 Å². The van der Waals surface area contributed by atoms with Crippen LogP contribution in [0.4, 0.5) is 0 Å². The molecule has 5 nitrogen and oxygen atoms in total. The molecule has 7 heteroatoms. The zero-order chi connectivity index (χ0) is 17.1. The molecule has 1 amide bonds. The summed E-state index contributed by atoms with van der Waals surface area (Å²) < 4.78 is 5.69. The van der Waals surface area contributed by atoms with E-state index in [0.29, 0.717) is 11.4 Å². The Labute approximate surface area is 172 Å². The summed E-state index contributed by atoms with van der Waals surface area (Å²) in [6.07, 6.45) is 3.80. The first-order valence-corrected chi connectivity index (χ1v) is 8.98. The first-order valence-electron chi connectivity index (χ1n) is 8.98. The predicted octanol–water partition coefficient (Wildman–Crippen LogP) is 3.79. The van der Waals surface area contributed by atoms with E-state index >= 15 is 0 Å². The van der Waals surface area contributed by atoms with Gasteiger partial charge in [-0.2, -0.15) is 0 Å². The molecule has 4 rings (SSSR count). The number of fused-ring (bicyclic) bond motifs is 1. The SMILES string of the molecule is Cl.Cl.O=C(c1ccc(Oc2ccccc2)nc1)N1CC[C@@H]2CNC[C@@H]2CC1. The van der Waals surface area contributed by atoms with Crippen LogP contribution in [0.2, 0.25) is 0 Å². The van der Waals surface area contributed by atoms with Crippen molar-refractivity contribution in [3.63, 3.8) is 0 Å². The van der Waals surface area contributed by atoms with Crippen LogP contribution in [0.5, 0.6) is 11.6 Å². The molecule has 1 N–H and O–H groups in total. The molecule has 146 valence electrons. The number of pyridine rings is 1. The number of para-hydroxylation sites is 1. The van der Waals surface area contributed by atoms with Crippen molar-refractivity contribution in [1.82, 2.24) is 15.2 Å². The van der Waals surface area contributed by atoms with Crippen molar-refractivity contribution in [2.75, 3.05) is 26.2 Å². The van der Waals surface area contributed by atoms with Crippen LogP contribution < -0.4 is 10.1 Å². The van der Waals surface area contributed by atoms with E-state index in [1.807, 2.05) is 35.2 Å². The molecule has 3 heterocycles. The van der Waals surface area contributed by atoms with Crippen molar-refractivity contribution in [3.8, 4) is 11.6 Å². The Morgan fingerprint density at radius 1 is 1.00 bits per heavy atom. The van der Waals surface area contributed by atoms with Gasteiger partial charge in [0.1, 0.15) is 5.75 Å². The zero-order valence-corrected chi connectivity index (χ0v) is 16.7. The van der Waals surface area contributed by atoms with Crippen LogP contribution in [0.25, 0.3) is 0 Å². The number of carbonyl (C=O) groups is 1. The summed E-state index contributed by atoms with van der Waals surface area (Å²) in [5.41, 5.74) is 0.630. The minimum atomic E-state index is 0. The number of benzene rings is 1. The lowest BCUT2D eigenvalue weighted by Crippen LogP contribution is -2.32. The molecule has 27 heavy (non-hydrogen) atoms. The molecule has 0 spiro atoms. The number of hydrogen-bond donors (Lipinski definition) is 1. The average Bonchev–Trinajstić information content (AvgIpc) is 3.01. The van der Waals surface area contributed by atoms with Crippen LogP contribution in [0.15, 0.2) is 48.7 Å². The fourth-order valence-corrected chi connectivity index (χ4v) is 3.78. The Kier molecular flexibility index (Phi) is 7.90. The molecular weight excluding hydrogens is 385 g/mol. The Balaban J connectivity index is 0.00000131. The largest absolute Gasteiger partial charge is 0.439 e. The summed E-state index contributed by atoms with van der Waals surface area (Å²) >= 11 is 0. The molecule has 2 aromatic rings. The van der Waals surface area contributed by atoms with Gasteiger partial charge in [-0.05, 0) is 56.0 Å². The van der Waals surface area contributed by atoms with Crippen LogP contribution in [0.3, 0.4) is 0 Å². The molecule has 0 aliphatic carbocycles. The second kappa shape index (κ2) is 9.93. The fourth-order valence-electron chi connectivity index (χ4n) is 3.78. The van der Waals surface area contributed by atoms with Crippen molar-refractivity contribution < 1.29 is 9.53 Å².